The highest BCUT2D eigenvalue weighted by molar-refractivity contribution is 5.89. The molecule has 4 rings (SSSR count). The average molecular weight is 363 g/mol. The number of hydrogen-bond acceptors (Lipinski definition) is 5. The molecule has 7 nitrogen and oxygen atoms in total. The van der Waals surface area contributed by atoms with Crippen molar-refractivity contribution in [3.63, 3.8) is 0 Å². The van der Waals surface area contributed by atoms with Crippen molar-refractivity contribution in [3.05, 3.63) is 59.4 Å². The zero-order valence-electron chi connectivity index (χ0n) is 15.4. The largest absolute Gasteiger partial charge is 0.469 e. The van der Waals surface area contributed by atoms with Gasteiger partial charge in [0.15, 0.2) is 11.3 Å². The first-order chi connectivity index (χ1) is 13.1. The fraction of sp³-hybridized carbons (Fsp3) is 0.300. The first kappa shape index (κ1) is 17.2. The van der Waals surface area contributed by atoms with Crippen LogP contribution in [0.25, 0.3) is 16.7 Å². The summed E-state index contributed by atoms with van der Waals surface area (Å²) in [6.45, 7) is 4.56. The van der Waals surface area contributed by atoms with Crippen molar-refractivity contribution < 1.29 is 9.21 Å². The molecule has 4 aromatic rings. The molecule has 27 heavy (non-hydrogen) atoms. The lowest BCUT2D eigenvalue weighted by Crippen LogP contribution is -2.26. The predicted octanol–water partition coefficient (Wildman–Crippen LogP) is 2.78. The summed E-state index contributed by atoms with van der Waals surface area (Å²) in [5.74, 6) is 0.892. The number of aryl methyl sites for hydroxylation is 2. The molecule has 0 unspecified atom stereocenters. The second kappa shape index (κ2) is 7.19. The summed E-state index contributed by atoms with van der Waals surface area (Å²) in [7, 11) is 0. The number of nitrogens with one attached hydrogen (secondary N) is 1. The Labute approximate surface area is 156 Å². The molecular formula is C20H21N5O2. The zero-order chi connectivity index (χ0) is 18.8. The third kappa shape index (κ3) is 3.40. The second-order valence-corrected chi connectivity index (χ2v) is 6.55. The van der Waals surface area contributed by atoms with E-state index in [0.717, 1.165) is 33.7 Å². The number of pyridine rings is 1. The number of aromatic nitrogens is 4. The number of carbonyl (C=O) groups excluding carboxylic acids is 1. The van der Waals surface area contributed by atoms with Gasteiger partial charge in [0, 0.05) is 37.0 Å². The van der Waals surface area contributed by atoms with Crippen molar-refractivity contribution >= 4 is 22.6 Å². The first-order valence-corrected chi connectivity index (χ1v) is 9.02. The molecular weight excluding hydrogens is 342 g/mol. The van der Waals surface area contributed by atoms with Crippen LogP contribution in [0.1, 0.15) is 29.1 Å². The summed E-state index contributed by atoms with van der Waals surface area (Å²) >= 11 is 0. The minimum Gasteiger partial charge on any atom is -0.469 e. The van der Waals surface area contributed by atoms with Crippen molar-refractivity contribution in [3.8, 4) is 0 Å². The Morgan fingerprint density at radius 1 is 1.22 bits per heavy atom. The summed E-state index contributed by atoms with van der Waals surface area (Å²) in [5.41, 5.74) is 4.46. The summed E-state index contributed by atoms with van der Waals surface area (Å²) < 4.78 is 7.10. The van der Waals surface area contributed by atoms with Gasteiger partial charge in [-0.15, -0.1) is 5.10 Å². The molecule has 0 aliphatic carbocycles. The third-order valence-corrected chi connectivity index (χ3v) is 4.76. The highest BCUT2D eigenvalue weighted by Crippen LogP contribution is 2.21. The Balaban J connectivity index is 1.47. The van der Waals surface area contributed by atoms with Crippen LogP contribution in [0, 0.1) is 13.8 Å². The molecule has 0 aliphatic rings. The smallest absolute Gasteiger partial charge is 0.220 e. The topological polar surface area (TPSA) is 85.3 Å². The van der Waals surface area contributed by atoms with Crippen LogP contribution < -0.4 is 5.32 Å². The van der Waals surface area contributed by atoms with E-state index in [1.165, 1.54) is 0 Å². The lowest BCUT2D eigenvalue weighted by molar-refractivity contribution is -0.121. The van der Waals surface area contributed by atoms with E-state index in [2.05, 4.69) is 15.4 Å². The van der Waals surface area contributed by atoms with Crippen molar-refractivity contribution in [2.45, 2.75) is 33.1 Å². The van der Waals surface area contributed by atoms with E-state index < -0.39 is 0 Å². The van der Waals surface area contributed by atoms with Crippen molar-refractivity contribution in [1.29, 1.82) is 0 Å². The van der Waals surface area contributed by atoms with Gasteiger partial charge < -0.3 is 9.73 Å². The summed E-state index contributed by atoms with van der Waals surface area (Å²) in [4.78, 5) is 21.2. The number of nitrogens with zero attached hydrogens (tertiary/aromatic N) is 4. The maximum absolute atomic E-state index is 12.2. The third-order valence-electron chi connectivity index (χ3n) is 4.76. The van der Waals surface area contributed by atoms with E-state index in [1.807, 2.05) is 42.6 Å². The molecule has 4 heterocycles. The molecule has 0 bridgehead atoms. The predicted molar refractivity (Wildman–Crippen MR) is 102 cm³/mol. The van der Waals surface area contributed by atoms with Crippen molar-refractivity contribution in [1.82, 2.24) is 24.9 Å². The van der Waals surface area contributed by atoms with Crippen LogP contribution in [0.4, 0.5) is 0 Å². The van der Waals surface area contributed by atoms with E-state index in [4.69, 9.17) is 9.40 Å². The number of carbonyl (C=O) groups is 1. The summed E-state index contributed by atoms with van der Waals surface area (Å²) in [6.07, 6.45) is 5.09. The lowest BCUT2D eigenvalue weighted by atomic mass is 10.1. The molecule has 1 amide bonds. The molecule has 0 atom stereocenters. The maximum atomic E-state index is 12.2. The van der Waals surface area contributed by atoms with Gasteiger partial charge in [-0.2, -0.15) is 0 Å². The Bertz CT molecular complexity index is 1100. The van der Waals surface area contributed by atoms with Gasteiger partial charge in [-0.3, -0.25) is 4.79 Å². The number of furan rings is 1. The van der Waals surface area contributed by atoms with E-state index in [1.54, 1.807) is 12.5 Å². The van der Waals surface area contributed by atoms with Gasteiger partial charge in [-0.25, -0.2) is 14.5 Å². The number of hydrogen-bond donors (Lipinski definition) is 1. The number of fused-ring (bicyclic) bond motifs is 3. The van der Waals surface area contributed by atoms with Gasteiger partial charge in [0.2, 0.25) is 5.91 Å². The molecule has 0 radical (unpaired) electrons. The van der Waals surface area contributed by atoms with Crippen LogP contribution in [0.5, 0.6) is 0 Å². The second-order valence-electron chi connectivity index (χ2n) is 6.55. The first-order valence-electron chi connectivity index (χ1n) is 9.02. The maximum Gasteiger partial charge on any atom is 0.220 e. The molecule has 0 aliphatic heterocycles. The standard InChI is InChI=1S/C20H21N5O2/c1-13-16(7-8-18(26)21-11-9-15-5-4-12-27-15)14(2)25-20(23-13)17-6-3-10-22-19(17)24-25/h3-6,10,12H,7-9,11H2,1-2H3,(H,21,26). The van der Waals surface area contributed by atoms with E-state index >= 15 is 0 Å². The molecule has 4 aromatic heterocycles. The lowest BCUT2D eigenvalue weighted by Gasteiger charge is -2.11. The SMILES string of the molecule is Cc1nc2c3cccnc3nn2c(C)c1CCC(=O)NCCc1ccco1. The van der Waals surface area contributed by atoms with Crippen molar-refractivity contribution in [2.24, 2.45) is 0 Å². The number of rotatable bonds is 6. The summed E-state index contributed by atoms with van der Waals surface area (Å²) in [6, 6.07) is 7.61. The van der Waals surface area contributed by atoms with Crippen LogP contribution >= 0.6 is 0 Å². The molecule has 0 aromatic carbocycles. The van der Waals surface area contributed by atoms with Gasteiger partial charge in [0.1, 0.15) is 5.76 Å². The normalized spacial score (nSPS) is 11.3. The summed E-state index contributed by atoms with van der Waals surface area (Å²) in [5, 5.41) is 8.43. The van der Waals surface area contributed by atoms with Gasteiger partial charge in [-0.05, 0) is 50.1 Å². The Hall–Kier alpha value is -3.22. The Morgan fingerprint density at radius 2 is 2.11 bits per heavy atom. The van der Waals surface area contributed by atoms with Gasteiger partial charge in [0.05, 0.1) is 11.6 Å². The Kier molecular flexibility index (Phi) is 4.58. The van der Waals surface area contributed by atoms with Crippen LogP contribution in [-0.4, -0.2) is 32.0 Å². The number of amides is 1. The minimum atomic E-state index is 0.0211. The van der Waals surface area contributed by atoms with Crippen LogP contribution in [0.2, 0.25) is 0 Å². The highest BCUT2D eigenvalue weighted by atomic mass is 16.3. The Morgan fingerprint density at radius 3 is 2.93 bits per heavy atom. The molecule has 138 valence electrons. The van der Waals surface area contributed by atoms with Crippen LogP contribution in [0.3, 0.4) is 0 Å². The average Bonchev–Trinajstić information content (AvgIpc) is 3.30. The minimum absolute atomic E-state index is 0.0211. The fourth-order valence-electron chi connectivity index (χ4n) is 3.33. The molecule has 1 N–H and O–H groups in total. The molecule has 7 heteroatoms. The van der Waals surface area contributed by atoms with Crippen LogP contribution in [0.15, 0.2) is 41.1 Å². The van der Waals surface area contributed by atoms with Gasteiger partial charge >= 0.3 is 0 Å². The van der Waals surface area contributed by atoms with Gasteiger partial charge in [-0.1, -0.05) is 0 Å². The zero-order valence-corrected chi connectivity index (χ0v) is 15.4. The quantitative estimate of drug-likeness (QED) is 0.569. The fourth-order valence-corrected chi connectivity index (χ4v) is 3.33. The van der Waals surface area contributed by atoms with Crippen molar-refractivity contribution in [2.75, 3.05) is 6.54 Å². The molecule has 0 saturated carbocycles. The molecule has 0 saturated heterocycles. The van der Waals surface area contributed by atoms with Gasteiger partial charge in [0.25, 0.3) is 0 Å². The van der Waals surface area contributed by atoms with E-state index in [9.17, 15) is 4.79 Å². The van der Waals surface area contributed by atoms with E-state index in [0.29, 0.717) is 31.5 Å². The molecule has 0 spiro atoms. The molecule has 0 fully saturated rings. The highest BCUT2D eigenvalue weighted by Gasteiger charge is 2.15. The van der Waals surface area contributed by atoms with E-state index in [-0.39, 0.29) is 5.91 Å². The van der Waals surface area contributed by atoms with Crippen LogP contribution in [-0.2, 0) is 17.6 Å². The monoisotopic (exact) mass is 363 g/mol.